The van der Waals surface area contributed by atoms with Crippen LogP contribution in [0.4, 0.5) is 0 Å². The Labute approximate surface area is 112 Å². The molecule has 1 atom stereocenters. The van der Waals surface area contributed by atoms with Gasteiger partial charge in [-0.15, -0.1) is 0 Å². The van der Waals surface area contributed by atoms with Crippen LogP contribution in [0.2, 0.25) is 0 Å². The zero-order chi connectivity index (χ0) is 14.0. The van der Waals surface area contributed by atoms with E-state index in [1.807, 2.05) is 0 Å². The monoisotopic (exact) mass is 260 g/mol. The quantitative estimate of drug-likeness (QED) is 0.552. The third kappa shape index (κ3) is 8.86. The summed E-state index contributed by atoms with van der Waals surface area (Å²) in [5.74, 6) is 0. The second-order valence-electron chi connectivity index (χ2n) is 5.78. The Bertz CT molecular complexity index is 198. The summed E-state index contributed by atoms with van der Waals surface area (Å²) in [4.78, 5) is 2.24. The van der Waals surface area contributed by atoms with Gasteiger partial charge in [-0.3, -0.25) is 0 Å². The molecule has 0 fully saturated rings. The van der Waals surface area contributed by atoms with Gasteiger partial charge in [-0.05, 0) is 24.9 Å². The first-order chi connectivity index (χ1) is 8.45. The average Bonchev–Trinajstić information content (AvgIpc) is 2.33. The van der Waals surface area contributed by atoms with Crippen LogP contribution in [0, 0.1) is 5.41 Å². The van der Waals surface area contributed by atoms with Gasteiger partial charge in [-0.2, -0.15) is 0 Å². The summed E-state index contributed by atoms with van der Waals surface area (Å²) in [5.41, 5.74) is 5.84. The smallest absolute Gasteiger partial charge is 0.0900 e. The normalized spacial score (nSPS) is 14.2. The van der Waals surface area contributed by atoms with Crippen molar-refractivity contribution >= 4 is 0 Å². The van der Waals surface area contributed by atoms with Crippen LogP contribution >= 0.6 is 0 Å². The molecule has 0 aliphatic carbocycles. The van der Waals surface area contributed by atoms with E-state index in [1.165, 1.54) is 0 Å². The van der Waals surface area contributed by atoms with Gasteiger partial charge < -0.3 is 20.5 Å². The number of unbranched alkanes of at least 4 members (excludes halogenated alkanes) is 1. The molecule has 0 saturated carbocycles. The predicted molar refractivity (Wildman–Crippen MR) is 76.7 cm³/mol. The maximum Gasteiger partial charge on any atom is 0.0900 e. The highest BCUT2D eigenvalue weighted by molar-refractivity contribution is 4.75. The van der Waals surface area contributed by atoms with Crippen molar-refractivity contribution in [3.05, 3.63) is 0 Å². The summed E-state index contributed by atoms with van der Waals surface area (Å²) in [6.45, 7) is 12.9. The molecule has 0 spiro atoms. The molecule has 4 nitrogen and oxygen atoms in total. The molecular weight excluding hydrogens is 228 g/mol. The van der Waals surface area contributed by atoms with E-state index in [0.29, 0.717) is 19.7 Å². The molecule has 4 heteroatoms. The number of ether oxygens (including phenoxy) is 1. The molecular formula is C14H32N2O2. The van der Waals surface area contributed by atoms with Gasteiger partial charge in [-0.1, -0.05) is 34.1 Å². The van der Waals surface area contributed by atoms with E-state index in [2.05, 4.69) is 32.6 Å². The Morgan fingerprint density at radius 2 is 2.00 bits per heavy atom. The van der Waals surface area contributed by atoms with Crippen LogP contribution in [0.3, 0.4) is 0 Å². The first-order valence-electron chi connectivity index (χ1n) is 7.13. The number of rotatable bonds is 11. The van der Waals surface area contributed by atoms with Crippen LogP contribution in [0.25, 0.3) is 0 Å². The maximum atomic E-state index is 9.92. The molecule has 0 amide bonds. The third-order valence-corrected chi connectivity index (χ3v) is 3.07. The molecule has 0 saturated heterocycles. The SMILES string of the molecule is CCCCOCC(O)CN(CC)CC(C)(C)CN. The van der Waals surface area contributed by atoms with Crippen LogP contribution < -0.4 is 5.73 Å². The summed E-state index contributed by atoms with van der Waals surface area (Å²) in [7, 11) is 0. The number of hydrogen-bond donors (Lipinski definition) is 2. The number of hydrogen-bond acceptors (Lipinski definition) is 4. The Kier molecular flexibility index (Phi) is 9.64. The highest BCUT2D eigenvalue weighted by Crippen LogP contribution is 2.14. The van der Waals surface area contributed by atoms with Crippen molar-refractivity contribution in [3.8, 4) is 0 Å². The summed E-state index contributed by atoms with van der Waals surface area (Å²) >= 11 is 0. The Balaban J connectivity index is 3.89. The zero-order valence-corrected chi connectivity index (χ0v) is 12.6. The van der Waals surface area contributed by atoms with Gasteiger partial charge in [0.15, 0.2) is 0 Å². The second kappa shape index (κ2) is 9.73. The largest absolute Gasteiger partial charge is 0.389 e. The van der Waals surface area contributed by atoms with E-state index in [9.17, 15) is 5.11 Å². The molecule has 18 heavy (non-hydrogen) atoms. The molecule has 0 aliphatic rings. The summed E-state index contributed by atoms with van der Waals surface area (Å²) < 4.78 is 5.44. The van der Waals surface area contributed by atoms with Gasteiger partial charge in [0.1, 0.15) is 0 Å². The van der Waals surface area contributed by atoms with Crippen molar-refractivity contribution < 1.29 is 9.84 Å². The lowest BCUT2D eigenvalue weighted by molar-refractivity contribution is 0.0111. The van der Waals surface area contributed by atoms with Gasteiger partial charge in [0, 0.05) is 19.7 Å². The van der Waals surface area contributed by atoms with Gasteiger partial charge >= 0.3 is 0 Å². The Morgan fingerprint density at radius 1 is 1.33 bits per heavy atom. The van der Waals surface area contributed by atoms with E-state index in [4.69, 9.17) is 10.5 Å². The maximum absolute atomic E-state index is 9.92. The van der Waals surface area contributed by atoms with Gasteiger partial charge in [0.2, 0.25) is 0 Å². The molecule has 0 aliphatic heterocycles. The van der Waals surface area contributed by atoms with E-state index < -0.39 is 6.10 Å². The minimum atomic E-state index is -0.407. The molecule has 1 unspecified atom stereocenters. The number of likely N-dealkylation sites (N-methyl/N-ethyl adjacent to an activating group) is 1. The number of nitrogens with two attached hydrogens (primary N) is 1. The highest BCUT2D eigenvalue weighted by Gasteiger charge is 2.20. The molecule has 0 heterocycles. The van der Waals surface area contributed by atoms with Crippen molar-refractivity contribution in [3.63, 3.8) is 0 Å². The molecule has 0 radical (unpaired) electrons. The highest BCUT2D eigenvalue weighted by atomic mass is 16.5. The number of aliphatic hydroxyl groups is 1. The lowest BCUT2D eigenvalue weighted by Gasteiger charge is -2.32. The Morgan fingerprint density at radius 3 is 2.50 bits per heavy atom. The third-order valence-electron chi connectivity index (χ3n) is 3.07. The van der Waals surface area contributed by atoms with Crippen LogP contribution in [0.1, 0.15) is 40.5 Å². The molecule has 0 rings (SSSR count). The fourth-order valence-electron chi connectivity index (χ4n) is 1.79. The van der Waals surface area contributed by atoms with E-state index in [0.717, 1.165) is 32.5 Å². The first-order valence-corrected chi connectivity index (χ1v) is 7.13. The predicted octanol–water partition coefficient (Wildman–Crippen LogP) is 1.47. The van der Waals surface area contributed by atoms with Gasteiger partial charge in [-0.25, -0.2) is 0 Å². The van der Waals surface area contributed by atoms with Crippen LogP contribution in [0.5, 0.6) is 0 Å². The second-order valence-corrected chi connectivity index (χ2v) is 5.78. The van der Waals surface area contributed by atoms with E-state index in [-0.39, 0.29) is 5.41 Å². The summed E-state index contributed by atoms with van der Waals surface area (Å²) in [5, 5.41) is 9.92. The molecule has 0 bridgehead atoms. The summed E-state index contributed by atoms with van der Waals surface area (Å²) in [6, 6.07) is 0. The fraction of sp³-hybridized carbons (Fsp3) is 1.00. The van der Waals surface area contributed by atoms with Gasteiger partial charge in [0.05, 0.1) is 12.7 Å². The van der Waals surface area contributed by atoms with E-state index >= 15 is 0 Å². The van der Waals surface area contributed by atoms with Crippen LogP contribution in [-0.2, 0) is 4.74 Å². The minimum absolute atomic E-state index is 0.0960. The van der Waals surface area contributed by atoms with Crippen molar-refractivity contribution in [1.29, 1.82) is 0 Å². The lowest BCUT2D eigenvalue weighted by Crippen LogP contribution is -2.43. The van der Waals surface area contributed by atoms with Crippen LogP contribution in [0.15, 0.2) is 0 Å². The number of aliphatic hydroxyl groups excluding tert-OH is 1. The topological polar surface area (TPSA) is 58.7 Å². The van der Waals surface area contributed by atoms with Gasteiger partial charge in [0.25, 0.3) is 0 Å². The fourth-order valence-corrected chi connectivity index (χ4v) is 1.79. The average molecular weight is 260 g/mol. The molecule has 0 aromatic rings. The molecule has 0 aromatic heterocycles. The van der Waals surface area contributed by atoms with Crippen molar-refractivity contribution in [2.45, 2.75) is 46.6 Å². The van der Waals surface area contributed by atoms with Crippen molar-refractivity contribution in [1.82, 2.24) is 4.90 Å². The summed E-state index contributed by atoms with van der Waals surface area (Å²) in [6.07, 6.45) is 1.78. The molecule has 0 aromatic carbocycles. The zero-order valence-electron chi connectivity index (χ0n) is 12.6. The standard InChI is InChI=1S/C14H32N2O2/c1-5-7-8-18-10-13(17)9-16(6-2)12-14(3,4)11-15/h13,17H,5-12,15H2,1-4H3. The Hall–Kier alpha value is -0.160. The van der Waals surface area contributed by atoms with Crippen molar-refractivity contribution in [2.75, 3.05) is 39.4 Å². The van der Waals surface area contributed by atoms with Crippen LogP contribution in [-0.4, -0.2) is 55.5 Å². The molecule has 3 N–H and O–H groups in total. The van der Waals surface area contributed by atoms with E-state index in [1.54, 1.807) is 0 Å². The molecule has 110 valence electrons. The lowest BCUT2D eigenvalue weighted by atomic mass is 9.93. The first kappa shape index (κ1) is 17.8. The van der Waals surface area contributed by atoms with Crippen molar-refractivity contribution in [2.24, 2.45) is 11.1 Å². The number of nitrogens with zero attached hydrogens (tertiary/aromatic N) is 1. The minimum Gasteiger partial charge on any atom is -0.389 e.